The van der Waals surface area contributed by atoms with Crippen LogP contribution in [0.4, 0.5) is 13.2 Å². The van der Waals surface area contributed by atoms with Gasteiger partial charge in [0, 0.05) is 23.3 Å². The van der Waals surface area contributed by atoms with Crippen LogP contribution in [0.1, 0.15) is 16.1 Å². The van der Waals surface area contributed by atoms with E-state index in [0.717, 1.165) is 12.1 Å². The fourth-order valence-electron chi connectivity index (χ4n) is 2.23. The average molecular weight is 317 g/mol. The van der Waals surface area contributed by atoms with Crippen LogP contribution in [-0.2, 0) is 6.18 Å². The minimum absolute atomic E-state index is 0.0804. The van der Waals surface area contributed by atoms with Gasteiger partial charge in [-0.25, -0.2) is 4.98 Å². The predicted octanol–water partition coefficient (Wildman–Crippen LogP) is 3.41. The highest BCUT2D eigenvalue weighted by molar-refractivity contribution is 5.97. The van der Waals surface area contributed by atoms with E-state index < -0.39 is 17.6 Å². The smallest absolute Gasteiger partial charge is 0.364 e. The van der Waals surface area contributed by atoms with Gasteiger partial charge in [0.1, 0.15) is 5.69 Å². The van der Waals surface area contributed by atoms with E-state index in [0.29, 0.717) is 22.0 Å². The lowest BCUT2D eigenvalue weighted by Crippen LogP contribution is -2.12. The van der Waals surface area contributed by atoms with Crippen molar-refractivity contribution in [2.24, 2.45) is 5.73 Å². The Bertz CT molecular complexity index is 889. The average Bonchev–Trinajstić information content (AvgIpc) is 2.53. The number of alkyl halides is 3. The van der Waals surface area contributed by atoms with E-state index in [9.17, 15) is 18.0 Å². The van der Waals surface area contributed by atoms with E-state index in [1.807, 2.05) is 0 Å². The summed E-state index contributed by atoms with van der Waals surface area (Å²) in [4.78, 5) is 19.5. The minimum atomic E-state index is -4.40. The second-order valence-corrected chi connectivity index (χ2v) is 4.89. The monoisotopic (exact) mass is 317 g/mol. The van der Waals surface area contributed by atoms with E-state index in [4.69, 9.17) is 5.73 Å². The molecule has 116 valence electrons. The number of amides is 1. The van der Waals surface area contributed by atoms with Gasteiger partial charge in [-0.05, 0) is 29.8 Å². The normalized spacial score (nSPS) is 11.6. The van der Waals surface area contributed by atoms with Crippen molar-refractivity contribution >= 4 is 16.8 Å². The van der Waals surface area contributed by atoms with Crippen LogP contribution in [0.3, 0.4) is 0 Å². The molecule has 4 nitrogen and oxygen atoms in total. The number of fused-ring (bicyclic) bond motifs is 1. The Morgan fingerprint density at radius 1 is 1.00 bits per heavy atom. The fraction of sp³-hybridized carbons (Fsp3) is 0.0625. The number of pyridine rings is 2. The molecule has 2 heterocycles. The van der Waals surface area contributed by atoms with E-state index in [1.54, 1.807) is 12.3 Å². The maximum Gasteiger partial charge on any atom is 0.416 e. The zero-order chi connectivity index (χ0) is 16.6. The van der Waals surface area contributed by atoms with Gasteiger partial charge in [-0.1, -0.05) is 12.1 Å². The Morgan fingerprint density at radius 2 is 1.70 bits per heavy atom. The van der Waals surface area contributed by atoms with Crippen LogP contribution in [0.5, 0.6) is 0 Å². The first-order chi connectivity index (χ1) is 10.9. The molecule has 1 aromatic carbocycles. The molecule has 0 saturated carbocycles. The molecule has 0 aliphatic carbocycles. The predicted molar refractivity (Wildman–Crippen MR) is 78.5 cm³/mol. The van der Waals surface area contributed by atoms with Crippen molar-refractivity contribution in [3.8, 4) is 11.1 Å². The zero-order valence-electron chi connectivity index (χ0n) is 11.6. The number of rotatable bonds is 2. The number of nitrogens with zero attached hydrogens (tertiary/aromatic N) is 2. The molecule has 0 aliphatic rings. The van der Waals surface area contributed by atoms with E-state index in [1.165, 1.54) is 24.4 Å². The van der Waals surface area contributed by atoms with E-state index >= 15 is 0 Å². The van der Waals surface area contributed by atoms with Crippen molar-refractivity contribution in [1.82, 2.24) is 9.97 Å². The fourth-order valence-corrected chi connectivity index (χ4v) is 2.23. The van der Waals surface area contributed by atoms with Gasteiger partial charge >= 0.3 is 6.18 Å². The lowest BCUT2D eigenvalue weighted by molar-refractivity contribution is -0.137. The number of nitrogens with two attached hydrogens (primary N) is 1. The Kier molecular flexibility index (Phi) is 3.48. The molecule has 0 radical (unpaired) electrons. The summed E-state index contributed by atoms with van der Waals surface area (Å²) >= 11 is 0. The Balaban J connectivity index is 2.15. The second kappa shape index (κ2) is 5.35. The van der Waals surface area contributed by atoms with Crippen molar-refractivity contribution in [3.63, 3.8) is 0 Å². The third-order valence-electron chi connectivity index (χ3n) is 3.37. The van der Waals surface area contributed by atoms with Crippen LogP contribution in [0.15, 0.2) is 48.8 Å². The molecule has 0 unspecified atom stereocenters. The molecule has 0 saturated heterocycles. The van der Waals surface area contributed by atoms with Crippen LogP contribution in [0.25, 0.3) is 22.0 Å². The van der Waals surface area contributed by atoms with E-state index in [-0.39, 0.29) is 5.69 Å². The Hall–Kier alpha value is -2.96. The molecule has 23 heavy (non-hydrogen) atoms. The summed E-state index contributed by atoms with van der Waals surface area (Å²) in [5.74, 6) is -0.679. The highest BCUT2D eigenvalue weighted by Crippen LogP contribution is 2.32. The highest BCUT2D eigenvalue weighted by atomic mass is 19.4. The molecular formula is C16H10F3N3O. The largest absolute Gasteiger partial charge is 0.416 e. The lowest BCUT2D eigenvalue weighted by atomic mass is 10.0. The Labute approximate surface area is 128 Å². The van der Waals surface area contributed by atoms with E-state index in [2.05, 4.69) is 9.97 Å². The first-order valence-electron chi connectivity index (χ1n) is 6.58. The standard InChI is InChI=1S/C16H10F3N3O/c17-16(18,19)11-4-1-9(2-5-11)12-8-21-7-10-3-6-13(15(20)23)22-14(10)12/h1-8H,(H2,20,23). The van der Waals surface area contributed by atoms with Crippen LogP contribution >= 0.6 is 0 Å². The second-order valence-electron chi connectivity index (χ2n) is 4.89. The quantitative estimate of drug-likeness (QED) is 0.787. The number of carbonyl (C=O) groups excluding carboxylic acids is 1. The molecule has 2 aromatic heterocycles. The maximum absolute atomic E-state index is 12.6. The lowest BCUT2D eigenvalue weighted by Gasteiger charge is -2.09. The molecule has 7 heteroatoms. The summed E-state index contributed by atoms with van der Waals surface area (Å²) in [7, 11) is 0. The summed E-state index contributed by atoms with van der Waals surface area (Å²) in [5.41, 5.74) is 6.06. The summed E-state index contributed by atoms with van der Waals surface area (Å²) in [5, 5.41) is 0.660. The molecule has 2 N–H and O–H groups in total. The van der Waals surface area contributed by atoms with Crippen LogP contribution in [0, 0.1) is 0 Å². The number of halogens is 3. The summed E-state index contributed by atoms with van der Waals surface area (Å²) in [6, 6.07) is 7.79. The van der Waals surface area contributed by atoms with Crippen LogP contribution in [0.2, 0.25) is 0 Å². The number of hydrogen-bond donors (Lipinski definition) is 1. The maximum atomic E-state index is 12.6. The van der Waals surface area contributed by atoms with Gasteiger partial charge in [0.15, 0.2) is 0 Å². The summed E-state index contributed by atoms with van der Waals surface area (Å²) in [6.45, 7) is 0. The summed E-state index contributed by atoms with van der Waals surface area (Å²) < 4.78 is 37.9. The number of aromatic nitrogens is 2. The Morgan fingerprint density at radius 3 is 2.30 bits per heavy atom. The van der Waals surface area contributed by atoms with Crippen molar-refractivity contribution in [2.45, 2.75) is 6.18 Å². The number of carbonyl (C=O) groups is 1. The SMILES string of the molecule is NC(=O)c1ccc2cncc(-c3ccc(C(F)(F)F)cc3)c2n1. The van der Waals surface area contributed by atoms with Crippen LogP contribution < -0.4 is 5.73 Å². The van der Waals surface area contributed by atoms with Crippen molar-refractivity contribution < 1.29 is 18.0 Å². The highest BCUT2D eigenvalue weighted by Gasteiger charge is 2.30. The van der Waals surface area contributed by atoms with Gasteiger partial charge < -0.3 is 5.73 Å². The van der Waals surface area contributed by atoms with Crippen molar-refractivity contribution in [2.75, 3.05) is 0 Å². The van der Waals surface area contributed by atoms with Gasteiger partial charge in [-0.2, -0.15) is 13.2 Å². The van der Waals surface area contributed by atoms with Gasteiger partial charge in [0.25, 0.3) is 5.91 Å². The summed E-state index contributed by atoms with van der Waals surface area (Å²) in [6.07, 6.45) is -1.35. The third kappa shape index (κ3) is 2.85. The molecule has 0 spiro atoms. The van der Waals surface area contributed by atoms with Crippen LogP contribution in [-0.4, -0.2) is 15.9 Å². The van der Waals surface area contributed by atoms with Gasteiger partial charge in [-0.3, -0.25) is 9.78 Å². The zero-order valence-corrected chi connectivity index (χ0v) is 11.6. The third-order valence-corrected chi connectivity index (χ3v) is 3.37. The number of hydrogen-bond acceptors (Lipinski definition) is 3. The van der Waals surface area contributed by atoms with Gasteiger partial charge in [-0.15, -0.1) is 0 Å². The molecule has 3 rings (SSSR count). The molecule has 0 aliphatic heterocycles. The van der Waals surface area contributed by atoms with Crippen molar-refractivity contribution in [1.29, 1.82) is 0 Å². The van der Waals surface area contributed by atoms with Crippen molar-refractivity contribution in [3.05, 3.63) is 60.0 Å². The molecule has 0 fully saturated rings. The molecule has 3 aromatic rings. The molecule has 0 bridgehead atoms. The number of primary amides is 1. The first-order valence-corrected chi connectivity index (χ1v) is 6.58. The number of benzene rings is 1. The molecular weight excluding hydrogens is 307 g/mol. The molecule has 1 amide bonds. The topological polar surface area (TPSA) is 68.9 Å². The minimum Gasteiger partial charge on any atom is -0.364 e. The van der Waals surface area contributed by atoms with Gasteiger partial charge in [0.05, 0.1) is 11.1 Å². The first kappa shape index (κ1) is 15.0. The molecule has 0 atom stereocenters. The van der Waals surface area contributed by atoms with Gasteiger partial charge in [0.2, 0.25) is 0 Å².